The van der Waals surface area contributed by atoms with Gasteiger partial charge < -0.3 is 15.2 Å². The number of methoxy groups -OCH3 is 1. The number of fused-ring (bicyclic) bond motifs is 1. The van der Waals surface area contributed by atoms with E-state index in [-0.39, 0.29) is 16.8 Å². The van der Waals surface area contributed by atoms with Gasteiger partial charge in [0.25, 0.3) is 5.91 Å². The van der Waals surface area contributed by atoms with Crippen LogP contribution in [-0.4, -0.2) is 24.1 Å². The van der Waals surface area contributed by atoms with Gasteiger partial charge in [0.2, 0.25) is 4.93 Å². The molecule has 0 bridgehead atoms. The third-order valence-corrected chi connectivity index (χ3v) is 3.34. The van der Waals surface area contributed by atoms with Crippen LogP contribution in [0.5, 0.6) is 0 Å². The normalized spacial score (nSPS) is 22.0. The van der Waals surface area contributed by atoms with E-state index in [1.807, 2.05) is 0 Å². The third-order valence-electron chi connectivity index (χ3n) is 2.44. The first kappa shape index (κ1) is 12.4. The number of aliphatic hydroxyl groups is 1. The Bertz CT molecular complexity index is 529. The van der Waals surface area contributed by atoms with Gasteiger partial charge in [-0.1, -0.05) is 15.9 Å². The Labute approximate surface area is 111 Å². The van der Waals surface area contributed by atoms with Crippen LogP contribution in [0.4, 0.5) is 5.69 Å². The maximum atomic E-state index is 11.5. The zero-order chi connectivity index (χ0) is 12.8. The first-order valence-corrected chi connectivity index (χ1v) is 5.80. The van der Waals surface area contributed by atoms with E-state index in [0.29, 0.717) is 4.47 Å². The lowest BCUT2D eigenvalue weighted by molar-refractivity contribution is -0.125. The van der Waals surface area contributed by atoms with E-state index in [0.717, 1.165) is 0 Å². The molecule has 1 heterocycles. The Morgan fingerprint density at radius 1 is 1.59 bits per heavy atom. The van der Waals surface area contributed by atoms with Crippen molar-refractivity contribution < 1.29 is 19.4 Å². The van der Waals surface area contributed by atoms with Gasteiger partial charge in [-0.05, 0) is 12.1 Å². The minimum atomic E-state index is -1.94. The molecule has 2 N–H and O–H groups in total. The number of thiol groups is 1. The van der Waals surface area contributed by atoms with Crippen molar-refractivity contribution in [2.75, 3.05) is 12.4 Å². The summed E-state index contributed by atoms with van der Waals surface area (Å²) in [4.78, 5) is 21.1. The first-order valence-electron chi connectivity index (χ1n) is 4.56. The molecule has 0 spiro atoms. The maximum Gasteiger partial charge on any atom is 0.340 e. The predicted octanol–water partition coefficient (Wildman–Crippen LogP) is 1.26. The van der Waals surface area contributed by atoms with Gasteiger partial charge in [0.05, 0.1) is 18.4 Å². The Hall–Kier alpha value is -1.05. The molecule has 90 valence electrons. The van der Waals surface area contributed by atoms with Crippen LogP contribution in [0.1, 0.15) is 15.9 Å². The Morgan fingerprint density at radius 3 is 2.82 bits per heavy atom. The van der Waals surface area contributed by atoms with Gasteiger partial charge in [0, 0.05) is 10.0 Å². The van der Waals surface area contributed by atoms with Crippen LogP contribution in [0.15, 0.2) is 16.6 Å². The molecule has 0 aromatic heterocycles. The molecule has 0 saturated heterocycles. The number of carbonyl (C=O) groups is 2. The molecule has 0 saturated carbocycles. The molecule has 7 heteroatoms. The highest BCUT2D eigenvalue weighted by Crippen LogP contribution is 2.42. The molecule has 0 aliphatic carbocycles. The minimum absolute atomic E-state index is 0.162. The zero-order valence-corrected chi connectivity index (χ0v) is 11.1. The van der Waals surface area contributed by atoms with Crippen molar-refractivity contribution in [2.45, 2.75) is 4.93 Å². The summed E-state index contributed by atoms with van der Waals surface area (Å²) in [6.45, 7) is 0. The van der Waals surface area contributed by atoms with Crippen LogP contribution in [0.25, 0.3) is 0 Å². The van der Waals surface area contributed by atoms with Crippen LogP contribution in [0.2, 0.25) is 0 Å². The average molecular weight is 318 g/mol. The second-order valence-corrected chi connectivity index (χ2v) is 5.06. The fourth-order valence-electron chi connectivity index (χ4n) is 1.61. The molecule has 0 fully saturated rings. The number of amides is 1. The molecule has 1 aliphatic heterocycles. The van der Waals surface area contributed by atoms with Gasteiger partial charge in [0.15, 0.2) is 0 Å². The number of hydrogen-bond donors (Lipinski definition) is 3. The standard InChI is InChI=1S/C10H8BrNO4S/c1-16-8(13)5-2-4(11)3-6-7(5)12-9(14)10(6,15)17/h2-3,15,17H,1H3,(H,12,14)/t10-/m0/s1. The summed E-state index contributed by atoms with van der Waals surface area (Å²) in [5, 5.41) is 12.3. The van der Waals surface area contributed by atoms with E-state index in [9.17, 15) is 14.7 Å². The number of hydrogen-bond acceptors (Lipinski definition) is 5. The SMILES string of the molecule is COC(=O)c1cc(Br)cc2c1NC(=O)[C@@]2(O)S. The zero-order valence-electron chi connectivity index (χ0n) is 8.65. The first-order chi connectivity index (χ1) is 7.87. The third kappa shape index (κ3) is 1.84. The molecule has 5 nitrogen and oxygen atoms in total. The topological polar surface area (TPSA) is 75.6 Å². The average Bonchev–Trinajstić information content (AvgIpc) is 2.50. The summed E-state index contributed by atoms with van der Waals surface area (Å²) in [5.41, 5.74) is 0.610. The smallest absolute Gasteiger partial charge is 0.340 e. The number of carbonyl (C=O) groups excluding carboxylic acids is 2. The summed E-state index contributed by atoms with van der Waals surface area (Å²) in [7, 11) is 1.24. The van der Waals surface area contributed by atoms with Crippen molar-refractivity contribution in [3.8, 4) is 0 Å². The second-order valence-electron chi connectivity index (χ2n) is 3.49. The molecule has 1 amide bonds. The largest absolute Gasteiger partial charge is 0.465 e. The number of rotatable bonds is 1. The van der Waals surface area contributed by atoms with Crippen molar-refractivity contribution in [1.29, 1.82) is 0 Å². The molecule has 1 aromatic carbocycles. The van der Waals surface area contributed by atoms with Gasteiger partial charge in [0.1, 0.15) is 0 Å². The maximum absolute atomic E-state index is 11.5. The summed E-state index contributed by atoms with van der Waals surface area (Å²) in [6.07, 6.45) is 0. The Balaban J connectivity index is 2.69. The number of esters is 1. The molecule has 0 radical (unpaired) electrons. The van der Waals surface area contributed by atoms with Crippen molar-refractivity contribution in [1.82, 2.24) is 0 Å². The Morgan fingerprint density at radius 2 is 2.24 bits per heavy atom. The van der Waals surface area contributed by atoms with Gasteiger partial charge in [-0.25, -0.2) is 4.79 Å². The van der Waals surface area contributed by atoms with E-state index < -0.39 is 16.8 Å². The van der Waals surface area contributed by atoms with Crippen molar-refractivity contribution in [3.63, 3.8) is 0 Å². The number of nitrogens with one attached hydrogen (secondary N) is 1. The number of halogens is 1. The number of ether oxygens (including phenoxy) is 1. The predicted molar refractivity (Wildman–Crippen MR) is 67.0 cm³/mol. The van der Waals surface area contributed by atoms with Crippen LogP contribution >= 0.6 is 28.6 Å². The van der Waals surface area contributed by atoms with Gasteiger partial charge in [-0.3, -0.25) is 4.79 Å². The van der Waals surface area contributed by atoms with Crippen LogP contribution in [-0.2, 0) is 14.5 Å². The molecule has 1 aliphatic rings. The van der Waals surface area contributed by atoms with Crippen molar-refractivity contribution >= 4 is 46.1 Å². The van der Waals surface area contributed by atoms with E-state index in [1.54, 1.807) is 0 Å². The van der Waals surface area contributed by atoms with Gasteiger partial charge in [-0.2, -0.15) is 0 Å². The highest BCUT2D eigenvalue weighted by molar-refractivity contribution is 9.10. The van der Waals surface area contributed by atoms with Crippen LogP contribution in [0, 0.1) is 0 Å². The summed E-state index contributed by atoms with van der Waals surface area (Å²) < 4.78 is 5.14. The molecular weight excluding hydrogens is 310 g/mol. The molecule has 1 aromatic rings. The number of benzene rings is 1. The lowest BCUT2D eigenvalue weighted by Gasteiger charge is -2.13. The monoisotopic (exact) mass is 317 g/mol. The van der Waals surface area contributed by atoms with Gasteiger partial charge >= 0.3 is 5.97 Å². The van der Waals surface area contributed by atoms with Gasteiger partial charge in [-0.15, -0.1) is 12.6 Å². The van der Waals surface area contributed by atoms with E-state index >= 15 is 0 Å². The molecule has 17 heavy (non-hydrogen) atoms. The van der Waals surface area contributed by atoms with Crippen molar-refractivity contribution in [3.05, 3.63) is 27.7 Å². The van der Waals surface area contributed by atoms with E-state index in [4.69, 9.17) is 0 Å². The fraction of sp³-hybridized carbons (Fsp3) is 0.200. The summed E-state index contributed by atoms with van der Waals surface area (Å²) in [6, 6.07) is 3.02. The minimum Gasteiger partial charge on any atom is -0.465 e. The highest BCUT2D eigenvalue weighted by Gasteiger charge is 2.44. The highest BCUT2D eigenvalue weighted by atomic mass is 79.9. The lowest BCUT2D eigenvalue weighted by Crippen LogP contribution is -2.27. The molecular formula is C10H8BrNO4S. The van der Waals surface area contributed by atoms with E-state index in [2.05, 4.69) is 38.6 Å². The quantitative estimate of drug-likeness (QED) is 0.414. The molecule has 0 unspecified atom stereocenters. The van der Waals surface area contributed by atoms with Crippen molar-refractivity contribution in [2.24, 2.45) is 0 Å². The second kappa shape index (κ2) is 4.01. The molecule has 2 rings (SSSR count). The summed E-state index contributed by atoms with van der Waals surface area (Å²) >= 11 is 7.08. The Kier molecular flexibility index (Phi) is 2.92. The number of anilines is 1. The summed E-state index contributed by atoms with van der Waals surface area (Å²) in [5.74, 6) is -1.30. The fourth-order valence-corrected chi connectivity index (χ4v) is 2.30. The molecule has 1 atom stereocenters. The lowest BCUT2D eigenvalue weighted by atomic mass is 10.1. The van der Waals surface area contributed by atoms with Crippen LogP contribution < -0.4 is 5.32 Å². The van der Waals surface area contributed by atoms with E-state index in [1.165, 1.54) is 19.2 Å². The van der Waals surface area contributed by atoms with Crippen LogP contribution in [0.3, 0.4) is 0 Å².